The van der Waals surface area contributed by atoms with Crippen LogP contribution in [0.4, 0.5) is 11.4 Å². The van der Waals surface area contributed by atoms with Gasteiger partial charge in [0.25, 0.3) is 5.91 Å². The van der Waals surface area contributed by atoms with Crippen molar-refractivity contribution in [2.45, 2.75) is 30.0 Å². The molecule has 3 aliphatic heterocycles. The van der Waals surface area contributed by atoms with Gasteiger partial charge >= 0.3 is 0 Å². The quantitative estimate of drug-likeness (QED) is 0.518. The standard InChI is InChI=1S/C27H24ClN3O2S/c1-18-25(32)31(22-12-10-21(28)11-13-22)27(34-18)23-8-4-5-9-24(23)30(26(27)33)17-29-15-14-19-6-2-3-7-20(19)16-29/h2-13,18H,14-17H2,1H3. The number of nitrogens with zero attached hydrogens (tertiary/aromatic N) is 3. The van der Waals surface area contributed by atoms with Gasteiger partial charge in [0.05, 0.1) is 17.6 Å². The Kier molecular flexibility index (Phi) is 5.21. The van der Waals surface area contributed by atoms with E-state index in [4.69, 9.17) is 11.6 Å². The summed E-state index contributed by atoms with van der Waals surface area (Å²) in [6.07, 6.45) is 0.964. The summed E-state index contributed by atoms with van der Waals surface area (Å²) in [4.78, 5) is 32.5. The molecule has 6 rings (SSSR count). The number of thioether (sulfide) groups is 1. The van der Waals surface area contributed by atoms with E-state index in [1.807, 2.05) is 48.2 Å². The monoisotopic (exact) mass is 489 g/mol. The van der Waals surface area contributed by atoms with Gasteiger partial charge in [-0.3, -0.25) is 24.3 Å². The number of hydrogen-bond donors (Lipinski definition) is 0. The largest absolute Gasteiger partial charge is 0.295 e. The van der Waals surface area contributed by atoms with Crippen LogP contribution in [0.2, 0.25) is 5.02 Å². The van der Waals surface area contributed by atoms with E-state index in [1.54, 1.807) is 17.0 Å². The van der Waals surface area contributed by atoms with Crippen LogP contribution in [0.25, 0.3) is 0 Å². The van der Waals surface area contributed by atoms with Gasteiger partial charge in [-0.1, -0.05) is 54.1 Å². The number of amides is 2. The lowest BCUT2D eigenvalue weighted by Crippen LogP contribution is -2.52. The summed E-state index contributed by atoms with van der Waals surface area (Å²) in [6.45, 7) is 4.06. The second-order valence-electron chi connectivity index (χ2n) is 9.02. The van der Waals surface area contributed by atoms with Gasteiger partial charge < -0.3 is 0 Å². The topological polar surface area (TPSA) is 43.9 Å². The fraction of sp³-hybridized carbons (Fsp3) is 0.259. The minimum atomic E-state index is -1.12. The van der Waals surface area contributed by atoms with Crippen LogP contribution in [-0.4, -0.2) is 35.2 Å². The van der Waals surface area contributed by atoms with Crippen LogP contribution in [0.1, 0.15) is 23.6 Å². The molecule has 0 N–H and O–H groups in total. The van der Waals surface area contributed by atoms with E-state index in [-0.39, 0.29) is 17.1 Å². The summed E-state index contributed by atoms with van der Waals surface area (Å²) in [5, 5.41) is 0.254. The molecule has 1 saturated heterocycles. The second-order valence-corrected chi connectivity index (χ2v) is 11.0. The van der Waals surface area contributed by atoms with E-state index in [2.05, 4.69) is 29.2 Å². The molecule has 34 heavy (non-hydrogen) atoms. The highest BCUT2D eigenvalue weighted by Crippen LogP contribution is 2.57. The Bertz CT molecular complexity index is 1300. The lowest BCUT2D eigenvalue weighted by Gasteiger charge is -2.35. The van der Waals surface area contributed by atoms with Gasteiger partial charge in [0, 0.05) is 29.4 Å². The Morgan fingerprint density at radius 2 is 1.68 bits per heavy atom. The molecule has 5 nitrogen and oxygen atoms in total. The fourth-order valence-electron chi connectivity index (χ4n) is 5.34. The molecule has 172 valence electrons. The lowest BCUT2D eigenvalue weighted by molar-refractivity contribution is -0.124. The Labute approximate surface area is 208 Å². The average Bonchev–Trinajstić information content (AvgIpc) is 3.25. The van der Waals surface area contributed by atoms with Crippen molar-refractivity contribution < 1.29 is 9.59 Å². The normalized spacial score (nSPS) is 24.1. The van der Waals surface area contributed by atoms with Crippen LogP contribution in [0, 0.1) is 0 Å². The molecule has 0 saturated carbocycles. The van der Waals surface area contributed by atoms with Crippen LogP contribution < -0.4 is 9.80 Å². The zero-order valence-corrected chi connectivity index (χ0v) is 20.4. The molecule has 1 fully saturated rings. The van der Waals surface area contributed by atoms with E-state index >= 15 is 0 Å². The molecule has 0 aliphatic carbocycles. The van der Waals surface area contributed by atoms with Gasteiger partial charge in [-0.05, 0) is 54.8 Å². The minimum Gasteiger partial charge on any atom is -0.295 e. The van der Waals surface area contributed by atoms with Crippen molar-refractivity contribution in [2.75, 3.05) is 23.0 Å². The Morgan fingerprint density at radius 1 is 0.971 bits per heavy atom. The molecule has 2 atom stereocenters. The van der Waals surface area contributed by atoms with Gasteiger partial charge in [-0.2, -0.15) is 0 Å². The summed E-state index contributed by atoms with van der Waals surface area (Å²) < 4.78 is 0. The molecule has 3 aromatic carbocycles. The van der Waals surface area contributed by atoms with Crippen molar-refractivity contribution in [1.29, 1.82) is 0 Å². The van der Waals surface area contributed by atoms with Crippen LogP contribution in [-0.2, 0) is 27.4 Å². The van der Waals surface area contributed by atoms with Crippen molar-refractivity contribution in [3.63, 3.8) is 0 Å². The van der Waals surface area contributed by atoms with Crippen molar-refractivity contribution >= 4 is 46.6 Å². The summed E-state index contributed by atoms with van der Waals surface area (Å²) in [6, 6.07) is 23.6. The number of carbonyl (C=O) groups is 2. The van der Waals surface area contributed by atoms with Crippen LogP contribution in [0.5, 0.6) is 0 Å². The first-order valence-electron chi connectivity index (χ1n) is 11.5. The van der Waals surface area contributed by atoms with Crippen LogP contribution in [0.15, 0.2) is 72.8 Å². The second kappa shape index (κ2) is 8.15. The number of halogens is 1. The van der Waals surface area contributed by atoms with E-state index in [9.17, 15) is 9.59 Å². The number of para-hydroxylation sites is 1. The number of carbonyl (C=O) groups excluding carboxylic acids is 2. The van der Waals surface area contributed by atoms with Gasteiger partial charge in [0.15, 0.2) is 0 Å². The van der Waals surface area contributed by atoms with E-state index < -0.39 is 4.87 Å². The number of benzene rings is 3. The Balaban J connectivity index is 1.40. The highest BCUT2D eigenvalue weighted by Gasteiger charge is 2.63. The predicted octanol–water partition coefficient (Wildman–Crippen LogP) is 5.02. The average molecular weight is 490 g/mol. The third-order valence-corrected chi connectivity index (χ3v) is 8.69. The molecule has 7 heteroatoms. The first kappa shape index (κ1) is 21.7. The molecule has 2 amide bonds. The molecule has 2 unspecified atom stereocenters. The summed E-state index contributed by atoms with van der Waals surface area (Å²) in [5.41, 5.74) is 5.12. The van der Waals surface area contributed by atoms with E-state index in [0.29, 0.717) is 17.4 Å². The van der Waals surface area contributed by atoms with Crippen molar-refractivity contribution in [1.82, 2.24) is 4.90 Å². The Hall–Kier alpha value is -2.80. The minimum absolute atomic E-state index is 0.0646. The first-order valence-corrected chi connectivity index (χ1v) is 12.7. The molecule has 0 radical (unpaired) electrons. The molecule has 1 spiro atoms. The highest BCUT2D eigenvalue weighted by atomic mass is 35.5. The number of rotatable bonds is 3. The van der Waals surface area contributed by atoms with Crippen LogP contribution in [0.3, 0.4) is 0 Å². The van der Waals surface area contributed by atoms with Gasteiger partial charge in [-0.25, -0.2) is 0 Å². The molecule has 3 heterocycles. The maximum absolute atomic E-state index is 14.3. The van der Waals surface area contributed by atoms with Gasteiger partial charge in [0.2, 0.25) is 10.8 Å². The third-order valence-electron chi connectivity index (χ3n) is 6.96. The SMILES string of the molecule is CC1SC2(C(=O)N(CN3CCc4ccccc4C3)c3ccccc32)N(c2ccc(Cl)cc2)C1=O. The number of anilines is 2. The zero-order chi connectivity index (χ0) is 23.4. The summed E-state index contributed by atoms with van der Waals surface area (Å²) in [7, 11) is 0. The molecule has 3 aromatic rings. The molecular weight excluding hydrogens is 466 g/mol. The zero-order valence-electron chi connectivity index (χ0n) is 18.8. The third kappa shape index (κ3) is 3.20. The lowest BCUT2D eigenvalue weighted by atomic mass is 10.0. The van der Waals surface area contributed by atoms with E-state index in [0.717, 1.165) is 30.8 Å². The molecule has 0 bridgehead atoms. The molecule has 3 aliphatic rings. The summed E-state index contributed by atoms with van der Waals surface area (Å²) in [5.74, 6) is -0.130. The maximum atomic E-state index is 14.3. The smallest absolute Gasteiger partial charge is 0.269 e. The van der Waals surface area contributed by atoms with Crippen molar-refractivity contribution in [3.05, 3.63) is 94.5 Å². The van der Waals surface area contributed by atoms with Gasteiger partial charge in [-0.15, -0.1) is 11.8 Å². The number of fused-ring (bicyclic) bond motifs is 3. The van der Waals surface area contributed by atoms with Crippen molar-refractivity contribution in [2.24, 2.45) is 0 Å². The van der Waals surface area contributed by atoms with Gasteiger partial charge in [0.1, 0.15) is 0 Å². The first-order chi connectivity index (χ1) is 16.5. The van der Waals surface area contributed by atoms with Crippen LogP contribution >= 0.6 is 23.4 Å². The van der Waals surface area contributed by atoms with E-state index in [1.165, 1.54) is 22.9 Å². The molecular formula is C27H24ClN3O2S. The number of hydrogen-bond acceptors (Lipinski definition) is 4. The predicted molar refractivity (Wildman–Crippen MR) is 137 cm³/mol. The maximum Gasteiger partial charge on any atom is 0.269 e. The van der Waals surface area contributed by atoms with Crippen molar-refractivity contribution in [3.8, 4) is 0 Å². The molecule has 0 aromatic heterocycles. The highest BCUT2D eigenvalue weighted by molar-refractivity contribution is 8.03. The summed E-state index contributed by atoms with van der Waals surface area (Å²) >= 11 is 7.55. The Morgan fingerprint density at radius 3 is 2.47 bits per heavy atom. The fourth-order valence-corrected chi connectivity index (χ4v) is 7.00.